The molecule has 0 radical (unpaired) electrons. The molecule has 0 saturated carbocycles. The molecule has 1 amide bonds. The van der Waals surface area contributed by atoms with E-state index in [1.165, 1.54) is 0 Å². The number of hydrogen-bond donors (Lipinski definition) is 0. The number of rotatable bonds is 8. The van der Waals surface area contributed by atoms with Crippen LogP contribution in [0.25, 0.3) is 0 Å². The summed E-state index contributed by atoms with van der Waals surface area (Å²) in [6, 6.07) is 0. The van der Waals surface area contributed by atoms with Gasteiger partial charge in [-0.15, -0.1) is 0 Å². The number of hydrogen-bond acceptors (Lipinski definition) is 4. The number of alkyl halides is 1. The fourth-order valence-electron chi connectivity index (χ4n) is 2.51. The summed E-state index contributed by atoms with van der Waals surface area (Å²) in [6.07, 6.45) is 3.81. The number of ether oxygens (including phenoxy) is 3. The molecule has 6 heteroatoms. The van der Waals surface area contributed by atoms with Crippen LogP contribution in [-0.2, 0) is 14.2 Å². The Morgan fingerprint density at radius 1 is 1.26 bits per heavy atom. The molecule has 0 N–H and O–H groups in total. The van der Waals surface area contributed by atoms with Crippen molar-refractivity contribution < 1.29 is 19.0 Å². The van der Waals surface area contributed by atoms with Crippen molar-refractivity contribution in [3.8, 4) is 0 Å². The molecule has 136 valence electrons. The molecule has 0 aromatic rings. The number of nitrogens with zero attached hydrogens (tertiary/aromatic N) is 1. The molecule has 0 aromatic heterocycles. The van der Waals surface area contributed by atoms with Gasteiger partial charge in [0.1, 0.15) is 5.60 Å². The second-order valence-electron chi connectivity index (χ2n) is 7.14. The summed E-state index contributed by atoms with van der Waals surface area (Å²) >= 11 is 3.56. The predicted octanol–water partition coefficient (Wildman–Crippen LogP) is 3.98. The highest BCUT2D eigenvalue weighted by molar-refractivity contribution is 9.09. The van der Waals surface area contributed by atoms with Crippen LogP contribution in [0.15, 0.2) is 0 Å². The Bertz CT molecular complexity index is 359. The first-order valence-corrected chi connectivity index (χ1v) is 9.70. The van der Waals surface area contributed by atoms with Gasteiger partial charge in [-0.3, -0.25) is 0 Å². The summed E-state index contributed by atoms with van der Waals surface area (Å²) < 4.78 is 17.1. The van der Waals surface area contributed by atoms with Crippen molar-refractivity contribution in [2.75, 3.05) is 38.2 Å². The number of unbranched alkanes of at least 4 members (excludes halogenated alkanes) is 1. The minimum atomic E-state index is -0.473. The third kappa shape index (κ3) is 7.86. The van der Waals surface area contributed by atoms with Crippen molar-refractivity contribution in [3.05, 3.63) is 0 Å². The molecule has 1 saturated heterocycles. The van der Waals surface area contributed by atoms with E-state index in [-0.39, 0.29) is 11.7 Å². The molecule has 1 rings (SSSR count). The smallest absolute Gasteiger partial charge is 0.410 e. The quantitative estimate of drug-likeness (QED) is 0.462. The van der Waals surface area contributed by atoms with Gasteiger partial charge in [-0.25, -0.2) is 4.79 Å². The van der Waals surface area contributed by atoms with Gasteiger partial charge in [0.25, 0.3) is 0 Å². The maximum absolute atomic E-state index is 12.3. The van der Waals surface area contributed by atoms with E-state index in [4.69, 9.17) is 14.2 Å². The van der Waals surface area contributed by atoms with Crippen molar-refractivity contribution in [2.24, 2.45) is 0 Å². The first kappa shape index (κ1) is 20.7. The third-order valence-corrected chi connectivity index (χ3v) is 4.73. The average molecular weight is 394 g/mol. The highest BCUT2D eigenvalue weighted by atomic mass is 79.9. The Balaban J connectivity index is 2.46. The SMILES string of the molecule is CCCCOCCOC1(CBr)CCCN(C(=O)OC(C)(C)C)C1. The van der Waals surface area contributed by atoms with Crippen LogP contribution in [-0.4, -0.2) is 60.4 Å². The van der Waals surface area contributed by atoms with Crippen molar-refractivity contribution >= 4 is 22.0 Å². The molecule has 0 aliphatic carbocycles. The fourth-order valence-corrected chi connectivity index (χ4v) is 3.13. The molecule has 5 nitrogen and oxygen atoms in total. The van der Waals surface area contributed by atoms with E-state index in [1.807, 2.05) is 20.8 Å². The van der Waals surface area contributed by atoms with Crippen LogP contribution in [0.4, 0.5) is 4.79 Å². The lowest BCUT2D eigenvalue weighted by Crippen LogP contribution is -2.54. The summed E-state index contributed by atoms with van der Waals surface area (Å²) in [5.41, 5.74) is -0.817. The van der Waals surface area contributed by atoms with Crippen molar-refractivity contribution in [3.63, 3.8) is 0 Å². The van der Waals surface area contributed by atoms with E-state index in [0.717, 1.165) is 38.8 Å². The van der Waals surface area contributed by atoms with Crippen LogP contribution in [0.1, 0.15) is 53.4 Å². The van der Waals surface area contributed by atoms with Crippen LogP contribution in [0.2, 0.25) is 0 Å². The molecular weight excluding hydrogens is 362 g/mol. The minimum absolute atomic E-state index is 0.259. The molecule has 1 aliphatic heterocycles. The average Bonchev–Trinajstić information content (AvgIpc) is 2.49. The Kier molecular flexibility index (Phi) is 8.86. The molecule has 1 aliphatic rings. The summed E-state index contributed by atoms with van der Waals surface area (Å²) in [4.78, 5) is 14.0. The van der Waals surface area contributed by atoms with E-state index >= 15 is 0 Å². The second kappa shape index (κ2) is 9.84. The number of likely N-dealkylation sites (tertiary alicyclic amines) is 1. The molecule has 0 bridgehead atoms. The zero-order chi connectivity index (χ0) is 17.3. The first-order chi connectivity index (χ1) is 10.8. The van der Waals surface area contributed by atoms with Crippen LogP contribution < -0.4 is 0 Å². The summed E-state index contributed by atoms with van der Waals surface area (Å²) in [5.74, 6) is 0. The summed E-state index contributed by atoms with van der Waals surface area (Å²) in [6.45, 7) is 11.0. The number of carbonyl (C=O) groups excluding carboxylic acids is 1. The molecule has 0 spiro atoms. The van der Waals surface area contributed by atoms with Crippen molar-refractivity contribution in [2.45, 2.75) is 64.6 Å². The lowest BCUT2D eigenvalue weighted by atomic mass is 9.95. The Morgan fingerprint density at radius 3 is 2.61 bits per heavy atom. The molecule has 1 fully saturated rings. The summed E-state index contributed by atoms with van der Waals surface area (Å²) in [7, 11) is 0. The van der Waals surface area contributed by atoms with Gasteiger partial charge in [-0.05, 0) is 40.0 Å². The normalized spacial score (nSPS) is 22.2. The van der Waals surface area contributed by atoms with Crippen LogP contribution in [0.3, 0.4) is 0 Å². The van der Waals surface area contributed by atoms with Crippen LogP contribution in [0, 0.1) is 0 Å². The van der Waals surface area contributed by atoms with Gasteiger partial charge in [-0.1, -0.05) is 29.3 Å². The van der Waals surface area contributed by atoms with E-state index in [0.29, 0.717) is 25.1 Å². The molecule has 23 heavy (non-hydrogen) atoms. The number of amides is 1. The Morgan fingerprint density at radius 2 is 2.00 bits per heavy atom. The topological polar surface area (TPSA) is 48.0 Å². The largest absolute Gasteiger partial charge is 0.444 e. The standard InChI is InChI=1S/C17H32BrNO4/c1-5-6-10-21-11-12-22-17(13-18)8-7-9-19(14-17)15(20)23-16(2,3)4/h5-14H2,1-4H3. The zero-order valence-corrected chi connectivity index (χ0v) is 16.6. The lowest BCUT2D eigenvalue weighted by molar-refractivity contribution is -0.0900. The number of halogens is 1. The molecule has 1 atom stereocenters. The lowest BCUT2D eigenvalue weighted by Gasteiger charge is -2.41. The minimum Gasteiger partial charge on any atom is -0.444 e. The van der Waals surface area contributed by atoms with Crippen LogP contribution >= 0.6 is 15.9 Å². The predicted molar refractivity (Wildman–Crippen MR) is 95.2 cm³/mol. The molecule has 1 heterocycles. The van der Waals surface area contributed by atoms with Gasteiger partial charge in [0.05, 0.1) is 25.4 Å². The van der Waals surface area contributed by atoms with Gasteiger partial charge < -0.3 is 19.1 Å². The molecule has 0 aromatic carbocycles. The van der Waals surface area contributed by atoms with Gasteiger partial charge in [-0.2, -0.15) is 0 Å². The highest BCUT2D eigenvalue weighted by Gasteiger charge is 2.38. The summed E-state index contributed by atoms with van der Waals surface area (Å²) in [5, 5.41) is 0.703. The van der Waals surface area contributed by atoms with Gasteiger partial charge >= 0.3 is 6.09 Å². The first-order valence-electron chi connectivity index (χ1n) is 8.57. The monoisotopic (exact) mass is 393 g/mol. The molecular formula is C17H32BrNO4. The highest BCUT2D eigenvalue weighted by Crippen LogP contribution is 2.28. The second-order valence-corrected chi connectivity index (χ2v) is 7.70. The molecule has 1 unspecified atom stereocenters. The van der Waals surface area contributed by atoms with Gasteiger partial charge in [0.2, 0.25) is 0 Å². The van der Waals surface area contributed by atoms with E-state index in [1.54, 1.807) is 4.90 Å². The van der Waals surface area contributed by atoms with Crippen molar-refractivity contribution in [1.82, 2.24) is 4.90 Å². The van der Waals surface area contributed by atoms with Crippen molar-refractivity contribution in [1.29, 1.82) is 0 Å². The van der Waals surface area contributed by atoms with Gasteiger partial charge in [0, 0.05) is 18.5 Å². The third-order valence-electron chi connectivity index (χ3n) is 3.71. The fraction of sp³-hybridized carbons (Fsp3) is 0.941. The van der Waals surface area contributed by atoms with Crippen LogP contribution in [0.5, 0.6) is 0 Å². The maximum atomic E-state index is 12.3. The van der Waals surface area contributed by atoms with E-state index in [2.05, 4.69) is 22.9 Å². The Labute approximate surface area is 149 Å². The van der Waals surface area contributed by atoms with E-state index < -0.39 is 5.60 Å². The maximum Gasteiger partial charge on any atom is 0.410 e. The number of carbonyl (C=O) groups is 1. The van der Waals surface area contributed by atoms with Gasteiger partial charge in [0.15, 0.2) is 0 Å². The Hall–Kier alpha value is -0.330. The zero-order valence-electron chi connectivity index (χ0n) is 15.0. The van der Waals surface area contributed by atoms with E-state index in [9.17, 15) is 4.79 Å². The number of piperidine rings is 1.